The lowest BCUT2D eigenvalue weighted by molar-refractivity contribution is 0.446. The van der Waals surface area contributed by atoms with Gasteiger partial charge in [0.15, 0.2) is 0 Å². The Labute approximate surface area is 114 Å². The molecule has 0 aliphatic carbocycles. The van der Waals surface area contributed by atoms with Crippen molar-refractivity contribution in [3.05, 3.63) is 53.4 Å². The van der Waals surface area contributed by atoms with Crippen LogP contribution in [0.1, 0.15) is 5.56 Å². The van der Waals surface area contributed by atoms with Gasteiger partial charge in [0.25, 0.3) is 0 Å². The highest BCUT2D eigenvalue weighted by Gasteiger charge is 2.03. The van der Waals surface area contributed by atoms with E-state index in [9.17, 15) is 10.2 Å². The summed E-state index contributed by atoms with van der Waals surface area (Å²) in [6.45, 7) is 0.516. The molecule has 2 aromatic carbocycles. The van der Waals surface area contributed by atoms with Crippen molar-refractivity contribution in [2.75, 3.05) is 5.32 Å². The Morgan fingerprint density at radius 2 is 1.89 bits per heavy atom. The third-order valence-corrected chi connectivity index (χ3v) is 3.90. The third kappa shape index (κ3) is 2.48. The molecule has 0 unspecified atom stereocenters. The zero-order chi connectivity index (χ0) is 13.2. The van der Waals surface area contributed by atoms with Gasteiger partial charge in [0.05, 0.1) is 0 Å². The van der Waals surface area contributed by atoms with Gasteiger partial charge in [-0.2, -0.15) is 0 Å². The minimum Gasteiger partial charge on any atom is -0.508 e. The maximum Gasteiger partial charge on any atom is 0.124 e. The number of rotatable bonds is 3. The first-order chi connectivity index (χ1) is 9.22. The van der Waals surface area contributed by atoms with Gasteiger partial charge in [0.1, 0.15) is 11.5 Å². The molecule has 0 saturated heterocycles. The van der Waals surface area contributed by atoms with Crippen LogP contribution >= 0.6 is 11.3 Å². The molecule has 0 saturated carbocycles. The second-order valence-corrected chi connectivity index (χ2v) is 5.29. The summed E-state index contributed by atoms with van der Waals surface area (Å²) in [5, 5.41) is 25.5. The summed E-state index contributed by atoms with van der Waals surface area (Å²) in [4.78, 5) is 0. The molecule has 1 aromatic heterocycles. The van der Waals surface area contributed by atoms with Crippen LogP contribution in [0.2, 0.25) is 0 Å². The summed E-state index contributed by atoms with van der Waals surface area (Å²) in [5.74, 6) is 0.171. The Morgan fingerprint density at radius 1 is 1.00 bits per heavy atom. The first-order valence-corrected chi connectivity index (χ1v) is 6.82. The number of phenols is 2. The Balaban J connectivity index is 1.77. The highest BCUT2D eigenvalue weighted by molar-refractivity contribution is 7.17. The van der Waals surface area contributed by atoms with E-state index in [-0.39, 0.29) is 11.5 Å². The van der Waals surface area contributed by atoms with Crippen LogP contribution in [-0.4, -0.2) is 10.2 Å². The van der Waals surface area contributed by atoms with Crippen LogP contribution < -0.4 is 5.32 Å². The first kappa shape index (κ1) is 11.9. The molecule has 0 bridgehead atoms. The summed E-state index contributed by atoms with van der Waals surface area (Å²) in [7, 11) is 0. The molecular formula is C15H13NO2S. The second-order valence-electron chi connectivity index (χ2n) is 4.34. The summed E-state index contributed by atoms with van der Waals surface area (Å²) >= 11 is 1.72. The second kappa shape index (κ2) is 4.82. The molecule has 0 amide bonds. The van der Waals surface area contributed by atoms with Gasteiger partial charge in [-0.3, -0.25) is 0 Å². The van der Waals surface area contributed by atoms with Crippen molar-refractivity contribution in [2.24, 2.45) is 0 Å². The molecule has 3 N–H and O–H groups in total. The van der Waals surface area contributed by atoms with E-state index in [1.165, 1.54) is 16.2 Å². The molecule has 0 aliphatic heterocycles. The van der Waals surface area contributed by atoms with Gasteiger partial charge in [-0.1, -0.05) is 0 Å². The van der Waals surface area contributed by atoms with Crippen molar-refractivity contribution in [1.29, 1.82) is 0 Å². The van der Waals surface area contributed by atoms with Crippen LogP contribution in [0.25, 0.3) is 10.1 Å². The summed E-state index contributed by atoms with van der Waals surface area (Å²) < 4.78 is 1.26. The number of hydrogen-bond donors (Lipinski definition) is 3. The molecule has 19 heavy (non-hydrogen) atoms. The fourth-order valence-corrected chi connectivity index (χ4v) is 2.75. The standard InChI is InChI=1S/C15H13NO2S/c17-13-3-1-11(14(18)8-13)9-16-12-2-4-15-10(7-12)5-6-19-15/h1-8,16-18H,9H2. The van der Waals surface area contributed by atoms with Gasteiger partial charge in [-0.15, -0.1) is 11.3 Å². The van der Waals surface area contributed by atoms with E-state index in [1.807, 2.05) is 6.07 Å². The van der Waals surface area contributed by atoms with Crippen molar-refractivity contribution in [3.8, 4) is 11.5 Å². The monoisotopic (exact) mass is 271 g/mol. The topological polar surface area (TPSA) is 52.5 Å². The normalized spacial score (nSPS) is 10.7. The zero-order valence-corrected chi connectivity index (χ0v) is 10.9. The number of fused-ring (bicyclic) bond motifs is 1. The molecule has 0 fully saturated rings. The largest absolute Gasteiger partial charge is 0.508 e. The van der Waals surface area contributed by atoms with Crippen molar-refractivity contribution < 1.29 is 10.2 Å². The highest BCUT2D eigenvalue weighted by atomic mass is 32.1. The van der Waals surface area contributed by atoms with Crippen LogP contribution in [0, 0.1) is 0 Å². The van der Waals surface area contributed by atoms with Crippen molar-refractivity contribution in [3.63, 3.8) is 0 Å². The number of hydrogen-bond acceptors (Lipinski definition) is 4. The predicted octanol–water partition coefficient (Wildman–Crippen LogP) is 3.92. The molecule has 1 heterocycles. The molecule has 3 nitrogen and oxygen atoms in total. The quantitative estimate of drug-likeness (QED) is 0.676. The van der Waals surface area contributed by atoms with E-state index < -0.39 is 0 Å². The number of phenolic OH excluding ortho intramolecular Hbond substituents is 2. The minimum atomic E-state index is 0.0703. The SMILES string of the molecule is Oc1ccc(CNc2ccc3sccc3c2)c(O)c1. The Hall–Kier alpha value is -2.20. The maximum atomic E-state index is 9.71. The lowest BCUT2D eigenvalue weighted by atomic mass is 10.2. The molecule has 4 heteroatoms. The van der Waals surface area contributed by atoms with Crippen molar-refractivity contribution in [1.82, 2.24) is 0 Å². The lowest BCUT2D eigenvalue weighted by Crippen LogP contribution is -1.99. The Kier molecular flexibility index (Phi) is 3.01. The van der Waals surface area contributed by atoms with Gasteiger partial charge < -0.3 is 15.5 Å². The van der Waals surface area contributed by atoms with Crippen LogP contribution in [0.5, 0.6) is 11.5 Å². The van der Waals surface area contributed by atoms with E-state index in [1.54, 1.807) is 23.5 Å². The number of benzene rings is 2. The molecule has 0 radical (unpaired) electrons. The predicted molar refractivity (Wildman–Crippen MR) is 78.9 cm³/mol. The Bertz CT molecular complexity index is 721. The maximum absolute atomic E-state index is 9.71. The van der Waals surface area contributed by atoms with E-state index in [0.717, 1.165) is 11.3 Å². The average molecular weight is 271 g/mol. The highest BCUT2D eigenvalue weighted by Crippen LogP contribution is 2.26. The first-order valence-electron chi connectivity index (χ1n) is 5.94. The number of thiophene rings is 1. The molecular weight excluding hydrogens is 258 g/mol. The number of aromatic hydroxyl groups is 2. The smallest absolute Gasteiger partial charge is 0.124 e. The van der Waals surface area contributed by atoms with Crippen molar-refractivity contribution in [2.45, 2.75) is 6.54 Å². The van der Waals surface area contributed by atoms with E-state index >= 15 is 0 Å². The minimum absolute atomic E-state index is 0.0703. The fourth-order valence-electron chi connectivity index (χ4n) is 1.98. The molecule has 0 aliphatic rings. The third-order valence-electron chi connectivity index (χ3n) is 3.00. The van der Waals surface area contributed by atoms with E-state index in [2.05, 4.69) is 28.9 Å². The van der Waals surface area contributed by atoms with Crippen molar-refractivity contribution >= 4 is 27.1 Å². The zero-order valence-electron chi connectivity index (χ0n) is 10.1. The summed E-state index contributed by atoms with van der Waals surface area (Å²) in [6, 6.07) is 12.9. The molecule has 0 spiro atoms. The Morgan fingerprint density at radius 3 is 2.74 bits per heavy atom. The molecule has 96 valence electrons. The van der Waals surface area contributed by atoms with E-state index in [0.29, 0.717) is 6.54 Å². The van der Waals surface area contributed by atoms with Crippen LogP contribution in [0.3, 0.4) is 0 Å². The fraction of sp³-hybridized carbons (Fsp3) is 0.0667. The van der Waals surface area contributed by atoms with Crippen LogP contribution in [0.15, 0.2) is 47.8 Å². The number of nitrogens with one attached hydrogen (secondary N) is 1. The van der Waals surface area contributed by atoms with Crippen LogP contribution in [0.4, 0.5) is 5.69 Å². The molecule has 3 rings (SSSR count). The summed E-state index contributed by atoms with van der Waals surface area (Å²) in [6.07, 6.45) is 0. The number of anilines is 1. The lowest BCUT2D eigenvalue weighted by Gasteiger charge is -2.08. The van der Waals surface area contributed by atoms with Gasteiger partial charge in [0, 0.05) is 28.6 Å². The van der Waals surface area contributed by atoms with Gasteiger partial charge in [-0.05, 0) is 47.2 Å². The molecule has 0 atom stereocenters. The summed E-state index contributed by atoms with van der Waals surface area (Å²) in [5.41, 5.74) is 1.77. The van der Waals surface area contributed by atoms with Gasteiger partial charge >= 0.3 is 0 Å². The van der Waals surface area contributed by atoms with Gasteiger partial charge in [-0.25, -0.2) is 0 Å². The molecule has 3 aromatic rings. The average Bonchev–Trinajstić information content (AvgIpc) is 2.85. The van der Waals surface area contributed by atoms with E-state index in [4.69, 9.17) is 0 Å². The van der Waals surface area contributed by atoms with Gasteiger partial charge in [0.2, 0.25) is 0 Å². The van der Waals surface area contributed by atoms with Crippen LogP contribution in [-0.2, 0) is 6.54 Å².